The van der Waals surface area contributed by atoms with Crippen molar-refractivity contribution in [3.8, 4) is 0 Å². The lowest BCUT2D eigenvalue weighted by atomic mass is 10.1. The second-order valence-corrected chi connectivity index (χ2v) is 4.31. The van der Waals surface area contributed by atoms with Crippen molar-refractivity contribution in [2.45, 2.75) is 24.7 Å². The highest BCUT2D eigenvalue weighted by Gasteiger charge is 2.40. The fourth-order valence-corrected chi connectivity index (χ4v) is 2.24. The maximum atomic E-state index is 12.1. The Labute approximate surface area is 99.1 Å². The molecule has 0 unspecified atom stereocenters. The standard InChI is InChI=1S/C13H13NO3/c15-12(9-4-2-1-3-5-9)13(16)14-10-6-7-11(8-10)17-14/h1-7,10-12,15H,8H2/t10-,11-,12+/m0/s1. The fraction of sp³-hybridized carbons (Fsp3) is 0.308. The van der Waals surface area contributed by atoms with Gasteiger partial charge in [-0.3, -0.25) is 9.63 Å². The van der Waals surface area contributed by atoms with E-state index in [9.17, 15) is 9.90 Å². The first kappa shape index (κ1) is 10.5. The average Bonchev–Trinajstić information content (AvgIpc) is 3.00. The normalized spacial score (nSPS) is 27.5. The minimum Gasteiger partial charge on any atom is -0.378 e. The first-order chi connectivity index (χ1) is 8.25. The Balaban J connectivity index is 1.77. The summed E-state index contributed by atoms with van der Waals surface area (Å²) in [5.74, 6) is -0.395. The number of amides is 1. The van der Waals surface area contributed by atoms with Crippen molar-refractivity contribution >= 4 is 5.91 Å². The van der Waals surface area contributed by atoms with E-state index >= 15 is 0 Å². The van der Waals surface area contributed by atoms with Gasteiger partial charge in [0, 0.05) is 6.42 Å². The van der Waals surface area contributed by atoms with Crippen LogP contribution in [-0.2, 0) is 9.63 Å². The lowest BCUT2D eigenvalue weighted by Crippen LogP contribution is -2.38. The molecule has 1 aliphatic carbocycles. The van der Waals surface area contributed by atoms with E-state index in [1.165, 1.54) is 5.06 Å². The molecule has 0 saturated carbocycles. The maximum absolute atomic E-state index is 12.1. The van der Waals surface area contributed by atoms with Crippen LogP contribution in [0.25, 0.3) is 0 Å². The van der Waals surface area contributed by atoms with E-state index in [0.717, 1.165) is 6.42 Å². The topological polar surface area (TPSA) is 49.8 Å². The van der Waals surface area contributed by atoms with Crippen molar-refractivity contribution in [3.05, 3.63) is 48.0 Å². The summed E-state index contributed by atoms with van der Waals surface area (Å²) in [6, 6.07) is 8.87. The van der Waals surface area contributed by atoms with Crippen molar-refractivity contribution in [1.82, 2.24) is 5.06 Å². The number of aliphatic hydroxyl groups is 1. The molecule has 0 aromatic heterocycles. The molecule has 17 heavy (non-hydrogen) atoms. The zero-order chi connectivity index (χ0) is 11.8. The van der Waals surface area contributed by atoms with Gasteiger partial charge in [-0.05, 0) is 5.56 Å². The van der Waals surface area contributed by atoms with Gasteiger partial charge in [0.05, 0.1) is 6.04 Å². The number of carbonyl (C=O) groups excluding carboxylic acids is 1. The molecule has 1 heterocycles. The molecular weight excluding hydrogens is 218 g/mol. The highest BCUT2D eigenvalue weighted by atomic mass is 16.7. The Kier molecular flexibility index (Phi) is 2.46. The van der Waals surface area contributed by atoms with E-state index in [2.05, 4.69) is 0 Å². The van der Waals surface area contributed by atoms with E-state index in [-0.39, 0.29) is 12.1 Å². The van der Waals surface area contributed by atoms with Gasteiger partial charge >= 0.3 is 0 Å². The van der Waals surface area contributed by atoms with Gasteiger partial charge in [-0.1, -0.05) is 42.5 Å². The number of fused-ring (bicyclic) bond motifs is 2. The number of hydrogen-bond acceptors (Lipinski definition) is 3. The summed E-state index contributed by atoms with van der Waals surface area (Å²) in [6.45, 7) is 0. The van der Waals surface area contributed by atoms with Crippen LogP contribution in [0, 0.1) is 0 Å². The molecule has 1 aromatic carbocycles. The third-order valence-corrected chi connectivity index (χ3v) is 3.14. The average molecular weight is 231 g/mol. The summed E-state index contributed by atoms with van der Waals surface area (Å²) in [7, 11) is 0. The SMILES string of the molecule is O=C([C@H](O)c1ccccc1)N1O[C@H]2C=C[C@H]1C2. The number of hydrogen-bond donors (Lipinski definition) is 1. The van der Waals surface area contributed by atoms with Gasteiger partial charge in [0.1, 0.15) is 6.10 Å². The summed E-state index contributed by atoms with van der Waals surface area (Å²) in [5.41, 5.74) is 0.591. The van der Waals surface area contributed by atoms with E-state index in [0.29, 0.717) is 5.56 Å². The van der Waals surface area contributed by atoms with Crippen LogP contribution >= 0.6 is 0 Å². The lowest BCUT2D eigenvalue weighted by molar-refractivity contribution is -0.191. The van der Waals surface area contributed by atoms with E-state index < -0.39 is 12.0 Å². The molecule has 2 bridgehead atoms. The molecule has 3 atom stereocenters. The minimum absolute atomic E-state index is 0.00748. The first-order valence-corrected chi connectivity index (χ1v) is 5.67. The van der Waals surface area contributed by atoms with Gasteiger partial charge in [0.25, 0.3) is 5.91 Å². The predicted molar refractivity (Wildman–Crippen MR) is 60.7 cm³/mol. The van der Waals surface area contributed by atoms with Crippen molar-refractivity contribution in [2.24, 2.45) is 0 Å². The number of hydroxylamine groups is 2. The number of rotatable bonds is 2. The maximum Gasteiger partial charge on any atom is 0.280 e. The van der Waals surface area contributed by atoms with Crippen molar-refractivity contribution < 1.29 is 14.7 Å². The Morgan fingerprint density at radius 2 is 2.12 bits per heavy atom. The van der Waals surface area contributed by atoms with E-state index in [4.69, 9.17) is 4.84 Å². The quantitative estimate of drug-likeness (QED) is 0.778. The number of benzene rings is 1. The second kappa shape index (κ2) is 3.98. The zero-order valence-corrected chi connectivity index (χ0v) is 9.19. The molecule has 4 nitrogen and oxygen atoms in total. The summed E-state index contributed by atoms with van der Waals surface area (Å²) >= 11 is 0. The highest BCUT2D eigenvalue weighted by molar-refractivity contribution is 5.82. The van der Waals surface area contributed by atoms with Gasteiger partial charge in [-0.15, -0.1) is 0 Å². The molecule has 1 amide bonds. The summed E-state index contributed by atoms with van der Waals surface area (Å²) in [4.78, 5) is 17.5. The lowest BCUT2D eigenvalue weighted by Gasteiger charge is -2.25. The summed E-state index contributed by atoms with van der Waals surface area (Å²) in [5, 5.41) is 11.3. The molecule has 0 radical (unpaired) electrons. The van der Waals surface area contributed by atoms with E-state index in [1.807, 2.05) is 18.2 Å². The minimum atomic E-state index is -1.15. The first-order valence-electron chi connectivity index (χ1n) is 5.67. The summed E-state index contributed by atoms with van der Waals surface area (Å²) in [6.07, 6.45) is 3.54. The predicted octanol–water partition coefficient (Wildman–Crippen LogP) is 1.19. The number of carbonyl (C=O) groups is 1. The van der Waals surface area contributed by atoms with Crippen LogP contribution in [0.2, 0.25) is 0 Å². The molecule has 1 fully saturated rings. The van der Waals surface area contributed by atoms with Crippen molar-refractivity contribution in [2.75, 3.05) is 0 Å². The van der Waals surface area contributed by atoms with Gasteiger partial charge in [0.2, 0.25) is 0 Å². The van der Waals surface area contributed by atoms with Crippen LogP contribution in [0.1, 0.15) is 18.1 Å². The second-order valence-electron chi connectivity index (χ2n) is 4.31. The van der Waals surface area contributed by atoms with Gasteiger partial charge in [0.15, 0.2) is 6.10 Å². The fourth-order valence-electron chi connectivity index (χ4n) is 2.24. The van der Waals surface area contributed by atoms with Gasteiger partial charge < -0.3 is 5.11 Å². The van der Waals surface area contributed by atoms with Crippen LogP contribution in [0.5, 0.6) is 0 Å². The number of aliphatic hydroxyl groups excluding tert-OH is 1. The molecule has 1 aromatic rings. The molecule has 0 spiro atoms. The van der Waals surface area contributed by atoms with Crippen molar-refractivity contribution in [3.63, 3.8) is 0 Å². The molecule has 3 rings (SSSR count). The Bertz CT molecular complexity index is 457. The molecule has 1 saturated heterocycles. The molecule has 2 aliphatic rings. The van der Waals surface area contributed by atoms with Gasteiger partial charge in [-0.2, -0.15) is 0 Å². The Morgan fingerprint density at radius 1 is 1.35 bits per heavy atom. The van der Waals surface area contributed by atoms with Crippen molar-refractivity contribution in [1.29, 1.82) is 0 Å². The monoisotopic (exact) mass is 231 g/mol. The number of nitrogens with zero attached hydrogens (tertiary/aromatic N) is 1. The largest absolute Gasteiger partial charge is 0.378 e. The molecular formula is C13H13NO3. The smallest absolute Gasteiger partial charge is 0.280 e. The third kappa shape index (κ3) is 1.75. The summed E-state index contributed by atoms with van der Waals surface area (Å²) < 4.78 is 0. The third-order valence-electron chi connectivity index (χ3n) is 3.14. The Morgan fingerprint density at radius 3 is 2.71 bits per heavy atom. The zero-order valence-electron chi connectivity index (χ0n) is 9.19. The van der Waals surface area contributed by atoms with Crippen LogP contribution < -0.4 is 0 Å². The van der Waals surface area contributed by atoms with Gasteiger partial charge in [-0.25, -0.2) is 5.06 Å². The molecule has 1 N–H and O–H groups in total. The van der Waals surface area contributed by atoms with Crippen LogP contribution in [0.4, 0.5) is 0 Å². The van der Waals surface area contributed by atoms with Crippen LogP contribution in [0.15, 0.2) is 42.5 Å². The Hall–Kier alpha value is -1.65. The molecule has 4 heteroatoms. The van der Waals surface area contributed by atoms with E-state index in [1.54, 1.807) is 24.3 Å². The van der Waals surface area contributed by atoms with Crippen LogP contribution in [0.3, 0.4) is 0 Å². The van der Waals surface area contributed by atoms with Crippen LogP contribution in [-0.4, -0.2) is 28.2 Å². The highest BCUT2D eigenvalue weighted by Crippen LogP contribution is 2.31. The molecule has 1 aliphatic heterocycles. The molecule has 88 valence electrons.